The van der Waals surface area contributed by atoms with Crippen molar-refractivity contribution < 1.29 is 31.6 Å². The van der Waals surface area contributed by atoms with Crippen molar-refractivity contribution in [3.8, 4) is 23.6 Å². The molecule has 18 heteroatoms. The number of amides is 1. The Kier molecular flexibility index (Phi) is 10.4. The third-order valence-electron chi connectivity index (χ3n) is 9.03. The van der Waals surface area contributed by atoms with Gasteiger partial charge in [0, 0.05) is 50.2 Å². The lowest BCUT2D eigenvalue weighted by Crippen LogP contribution is -2.48. The highest BCUT2D eigenvalue weighted by Crippen LogP contribution is 2.35. The van der Waals surface area contributed by atoms with Gasteiger partial charge in [0.2, 0.25) is 0 Å². The Balaban J connectivity index is 0.000000192. The Morgan fingerprint density at radius 3 is 1.91 bits per heavy atom. The molecule has 53 heavy (non-hydrogen) atoms. The summed E-state index contributed by atoms with van der Waals surface area (Å²) in [7, 11) is -2.71. The van der Waals surface area contributed by atoms with Gasteiger partial charge >= 0.3 is 6.09 Å². The molecule has 0 radical (unpaired) electrons. The SMILES string of the molecule is CC(C)(C)OC(=O)NC1CCN(C[C@@H]2COc3c(C#N)cnc4ccc(=O)n2c34)CC1.COS(=O)(=O)C[C@@H]1COc2c(C#N)cnc3ccc(=O)n1c23. The van der Waals surface area contributed by atoms with Crippen molar-refractivity contribution in [2.24, 2.45) is 0 Å². The van der Waals surface area contributed by atoms with E-state index in [0.29, 0.717) is 46.5 Å². The zero-order valence-electron chi connectivity index (χ0n) is 29.6. The molecule has 3 aliphatic rings. The van der Waals surface area contributed by atoms with Crippen LogP contribution in [0.25, 0.3) is 22.1 Å². The Hall–Kier alpha value is -5.56. The predicted octanol–water partition coefficient (Wildman–Crippen LogP) is 2.37. The summed E-state index contributed by atoms with van der Waals surface area (Å²) in [6.45, 7) is 8.05. The number of likely N-dealkylation sites (tertiary alicyclic amines) is 1. The molecule has 278 valence electrons. The summed E-state index contributed by atoms with van der Waals surface area (Å²) >= 11 is 0. The van der Waals surface area contributed by atoms with Gasteiger partial charge in [-0.15, -0.1) is 0 Å². The molecule has 0 saturated carbocycles. The minimum absolute atomic E-state index is 0.0483. The third kappa shape index (κ3) is 7.95. The van der Waals surface area contributed by atoms with Crippen molar-refractivity contribution in [3.63, 3.8) is 0 Å². The zero-order valence-corrected chi connectivity index (χ0v) is 30.4. The number of nitrogens with one attached hydrogen (secondary N) is 1. The number of piperidine rings is 1. The largest absolute Gasteiger partial charge is 0.488 e. The zero-order chi connectivity index (χ0) is 38.1. The Bertz CT molecular complexity index is 2380. The molecule has 1 saturated heterocycles. The number of hydrogen-bond donors (Lipinski definition) is 1. The van der Waals surface area contributed by atoms with Gasteiger partial charge in [0.25, 0.3) is 21.2 Å². The van der Waals surface area contributed by atoms with Gasteiger partial charge in [-0.3, -0.25) is 32.9 Å². The summed E-state index contributed by atoms with van der Waals surface area (Å²) in [6, 6.07) is 9.19. The quantitative estimate of drug-likeness (QED) is 0.280. The smallest absolute Gasteiger partial charge is 0.407 e. The van der Waals surface area contributed by atoms with Gasteiger partial charge in [-0.25, -0.2) is 4.79 Å². The highest BCUT2D eigenvalue weighted by Gasteiger charge is 2.32. The van der Waals surface area contributed by atoms with E-state index in [9.17, 15) is 28.1 Å². The molecule has 17 nitrogen and oxygen atoms in total. The first-order chi connectivity index (χ1) is 25.2. The van der Waals surface area contributed by atoms with E-state index in [-0.39, 0.29) is 47.2 Å². The van der Waals surface area contributed by atoms with Crippen LogP contribution in [-0.4, -0.2) is 95.9 Å². The van der Waals surface area contributed by atoms with E-state index < -0.39 is 27.5 Å². The molecule has 7 rings (SSSR count). The molecular formula is C35H38N8O9S. The Labute approximate surface area is 304 Å². The summed E-state index contributed by atoms with van der Waals surface area (Å²) in [4.78, 5) is 47.6. The maximum Gasteiger partial charge on any atom is 0.407 e. The average molecular weight is 747 g/mol. The summed E-state index contributed by atoms with van der Waals surface area (Å²) in [5.41, 5.74) is 1.51. The van der Waals surface area contributed by atoms with E-state index >= 15 is 0 Å². The van der Waals surface area contributed by atoms with Crippen LogP contribution in [0.3, 0.4) is 0 Å². The van der Waals surface area contributed by atoms with E-state index in [4.69, 9.17) is 19.5 Å². The molecule has 0 bridgehead atoms. The molecule has 1 N–H and O–H groups in total. The fraction of sp³-hybridized carbons (Fsp3) is 0.457. The third-order valence-corrected chi connectivity index (χ3v) is 10.3. The first kappa shape index (κ1) is 37.2. The molecule has 0 spiro atoms. The average Bonchev–Trinajstić information content (AvgIpc) is 3.12. The van der Waals surface area contributed by atoms with Crippen LogP contribution in [0, 0.1) is 22.7 Å². The lowest BCUT2D eigenvalue weighted by molar-refractivity contribution is 0.0473. The Morgan fingerprint density at radius 2 is 1.42 bits per heavy atom. The normalized spacial score (nSPS) is 18.5. The summed E-state index contributed by atoms with van der Waals surface area (Å²) < 4.78 is 47.6. The van der Waals surface area contributed by atoms with Crippen molar-refractivity contribution >= 4 is 38.3 Å². The van der Waals surface area contributed by atoms with Crippen molar-refractivity contribution in [1.29, 1.82) is 10.5 Å². The van der Waals surface area contributed by atoms with Crippen LogP contribution in [0.5, 0.6) is 11.5 Å². The minimum atomic E-state index is -3.78. The minimum Gasteiger partial charge on any atom is -0.488 e. The molecule has 7 heterocycles. The van der Waals surface area contributed by atoms with E-state index in [2.05, 4.69) is 30.4 Å². The number of nitrogens with zero attached hydrogens (tertiary/aromatic N) is 7. The molecule has 4 aromatic rings. The molecule has 3 aliphatic heterocycles. The maximum absolute atomic E-state index is 12.7. The Morgan fingerprint density at radius 1 is 0.906 bits per heavy atom. The number of pyridine rings is 4. The highest BCUT2D eigenvalue weighted by atomic mass is 32.2. The first-order valence-electron chi connectivity index (χ1n) is 16.9. The summed E-state index contributed by atoms with van der Waals surface area (Å²) in [5, 5.41) is 21.4. The second-order valence-electron chi connectivity index (χ2n) is 13.8. The number of carbonyl (C=O) groups is 1. The monoisotopic (exact) mass is 746 g/mol. The van der Waals surface area contributed by atoms with Gasteiger partial charge in [-0.05, 0) is 45.7 Å². The maximum atomic E-state index is 12.7. The highest BCUT2D eigenvalue weighted by molar-refractivity contribution is 7.86. The van der Waals surface area contributed by atoms with Crippen LogP contribution >= 0.6 is 0 Å². The predicted molar refractivity (Wildman–Crippen MR) is 190 cm³/mol. The van der Waals surface area contributed by atoms with Crippen LogP contribution < -0.4 is 25.9 Å². The van der Waals surface area contributed by atoms with E-state index in [0.717, 1.165) is 33.0 Å². The van der Waals surface area contributed by atoms with Crippen molar-refractivity contribution in [3.05, 3.63) is 68.5 Å². The van der Waals surface area contributed by atoms with E-state index in [1.54, 1.807) is 10.6 Å². The van der Waals surface area contributed by atoms with Gasteiger partial charge in [0.05, 0.1) is 36.0 Å². The molecule has 0 aliphatic carbocycles. The number of aromatic nitrogens is 4. The molecule has 0 unspecified atom stereocenters. The fourth-order valence-electron chi connectivity index (χ4n) is 6.66. The number of carbonyl (C=O) groups excluding carboxylic acids is 1. The molecule has 1 fully saturated rings. The van der Waals surface area contributed by atoms with Crippen LogP contribution in [0.1, 0.15) is 56.8 Å². The molecule has 2 atom stereocenters. The summed E-state index contributed by atoms with van der Waals surface area (Å²) in [6.07, 6.45) is 4.07. The van der Waals surface area contributed by atoms with Crippen LogP contribution in [0.4, 0.5) is 4.79 Å². The van der Waals surface area contributed by atoms with E-state index in [1.165, 1.54) is 35.2 Å². The van der Waals surface area contributed by atoms with Gasteiger partial charge in [-0.2, -0.15) is 18.9 Å². The van der Waals surface area contributed by atoms with Gasteiger partial charge < -0.3 is 24.4 Å². The molecule has 0 aromatic carbocycles. The van der Waals surface area contributed by atoms with Crippen molar-refractivity contribution in [2.45, 2.75) is 57.3 Å². The van der Waals surface area contributed by atoms with Gasteiger partial charge in [0.1, 0.15) is 53.1 Å². The van der Waals surface area contributed by atoms with Gasteiger partial charge in [0.15, 0.2) is 11.5 Å². The van der Waals surface area contributed by atoms with E-state index in [1.807, 2.05) is 26.8 Å². The van der Waals surface area contributed by atoms with Crippen molar-refractivity contribution in [2.75, 3.05) is 45.7 Å². The second kappa shape index (κ2) is 14.8. The topological polar surface area (TPSA) is 221 Å². The fourth-order valence-corrected chi connectivity index (χ4v) is 7.52. The lowest BCUT2D eigenvalue weighted by Gasteiger charge is -2.36. The number of nitriles is 2. The van der Waals surface area contributed by atoms with Crippen LogP contribution in [0.2, 0.25) is 0 Å². The molecule has 1 amide bonds. The van der Waals surface area contributed by atoms with Crippen LogP contribution in [-0.2, 0) is 19.0 Å². The molecular weight excluding hydrogens is 708 g/mol. The number of hydrogen-bond acceptors (Lipinski definition) is 14. The second-order valence-corrected chi connectivity index (χ2v) is 15.6. The number of ether oxygens (including phenoxy) is 3. The molecule has 4 aromatic heterocycles. The summed E-state index contributed by atoms with van der Waals surface area (Å²) in [5.74, 6) is 0.275. The number of alkyl carbamates (subject to hydrolysis) is 1. The van der Waals surface area contributed by atoms with Crippen LogP contribution in [0.15, 0.2) is 46.2 Å². The lowest BCUT2D eigenvalue weighted by atomic mass is 10.0. The first-order valence-corrected chi connectivity index (χ1v) is 18.4. The number of rotatable bonds is 6. The van der Waals surface area contributed by atoms with Crippen molar-refractivity contribution in [1.82, 2.24) is 29.3 Å². The standard InChI is InChI=1S/C22H27N5O4.C13H11N3O5S/c1-22(2,3)31-21(29)25-15-6-8-26(9-7-15)12-16-13-30-20-14(10-23)11-24-17-4-5-18(28)27(16)19(17)20;1-20-22(18,19)7-9-6-21-13-8(4-14)5-15-10-2-3-11(17)16(9)12(10)13/h4-5,11,15-16H,6-9,12-13H2,1-3H3,(H,25,29);2-3,5,9H,6-7H2,1H3/t16-;9-/m10/s1. The van der Waals surface area contributed by atoms with Gasteiger partial charge in [-0.1, -0.05) is 0 Å².